The summed E-state index contributed by atoms with van der Waals surface area (Å²) in [6, 6.07) is 16.8. The van der Waals surface area contributed by atoms with E-state index in [2.05, 4.69) is 0 Å². The summed E-state index contributed by atoms with van der Waals surface area (Å²) in [5, 5.41) is 0. The van der Waals surface area contributed by atoms with Crippen molar-refractivity contribution >= 4 is 15.9 Å². The molecule has 0 radical (unpaired) electrons. The minimum atomic E-state index is -4.54. The summed E-state index contributed by atoms with van der Waals surface area (Å²) >= 11 is 0. The molecular weight excluding hydrogens is 588 g/mol. The van der Waals surface area contributed by atoms with Gasteiger partial charge in [-0.05, 0) is 80.1 Å². The summed E-state index contributed by atoms with van der Waals surface area (Å²) in [5.74, 6) is -3.43. The Bertz CT molecular complexity index is 1490. The Balaban J connectivity index is 1.38. The molecule has 3 aromatic rings. The number of benzene rings is 3. The maximum atomic E-state index is 16.3. The maximum absolute atomic E-state index is 16.3. The average molecular weight is 628 g/mol. The summed E-state index contributed by atoms with van der Waals surface area (Å²) in [5.41, 5.74) is 5.40. The molecule has 0 spiro atoms. The zero-order valence-corrected chi connectivity index (χ0v) is 25.4. The Labute approximate surface area is 257 Å². The monoisotopic (exact) mass is 627 g/mol. The number of nitrogens with zero attached hydrogens (tertiary/aromatic N) is 1. The van der Waals surface area contributed by atoms with Crippen LogP contribution in [0.2, 0.25) is 0 Å². The van der Waals surface area contributed by atoms with Crippen LogP contribution < -0.4 is 19.9 Å². The van der Waals surface area contributed by atoms with E-state index in [4.69, 9.17) is 15.2 Å². The molecule has 1 atom stereocenters. The number of hydrogen-bond donors (Lipinski definition) is 2. The molecule has 2 fully saturated rings. The van der Waals surface area contributed by atoms with Crippen LogP contribution >= 0.6 is 0 Å². The fourth-order valence-electron chi connectivity index (χ4n) is 5.65. The van der Waals surface area contributed by atoms with E-state index < -0.39 is 33.5 Å². The van der Waals surface area contributed by atoms with Crippen LogP contribution in [0.1, 0.15) is 50.5 Å². The number of rotatable bonds is 11. The standard InChI is InChI=1S/C33H39F2N3O5S/c34-33(35,25-10-7-13-29(22-25)43-28-11-5-2-6-12-28)31(32(39)38-20-18-26(36)19-21-38)37-44(40,41)30-16-14-27(15-17-30)42-23-24-8-3-1-4-9-24/h2,5-7,10-17,22,24,26,31,37H,1,3-4,8-9,18-21,23,36H2/t31-/m0/s1. The number of amides is 1. The normalized spacial score (nSPS) is 17.7. The van der Waals surface area contributed by atoms with Crippen LogP contribution in [0.25, 0.3) is 0 Å². The van der Waals surface area contributed by atoms with Gasteiger partial charge in [-0.2, -0.15) is 13.5 Å². The Morgan fingerprint density at radius 3 is 2.23 bits per heavy atom. The van der Waals surface area contributed by atoms with E-state index in [9.17, 15) is 13.2 Å². The maximum Gasteiger partial charge on any atom is 0.298 e. The third-order valence-electron chi connectivity index (χ3n) is 8.28. The highest BCUT2D eigenvalue weighted by Gasteiger charge is 2.50. The fourth-order valence-corrected chi connectivity index (χ4v) is 6.84. The van der Waals surface area contributed by atoms with Crippen LogP contribution in [0.3, 0.4) is 0 Å². The van der Waals surface area contributed by atoms with Crippen molar-refractivity contribution in [1.29, 1.82) is 0 Å². The van der Waals surface area contributed by atoms with Crippen LogP contribution in [0, 0.1) is 5.92 Å². The van der Waals surface area contributed by atoms with E-state index >= 15 is 8.78 Å². The summed E-state index contributed by atoms with van der Waals surface area (Å²) < 4.78 is 73.3. The molecule has 236 valence electrons. The number of para-hydroxylation sites is 1. The van der Waals surface area contributed by atoms with Gasteiger partial charge in [-0.15, -0.1) is 0 Å². The molecule has 1 aliphatic heterocycles. The predicted octanol–water partition coefficient (Wildman–Crippen LogP) is 5.83. The Morgan fingerprint density at radius 2 is 1.55 bits per heavy atom. The van der Waals surface area contributed by atoms with Gasteiger partial charge in [0.2, 0.25) is 15.9 Å². The molecule has 0 unspecified atom stereocenters. The van der Waals surface area contributed by atoms with Crippen molar-refractivity contribution in [3.63, 3.8) is 0 Å². The van der Waals surface area contributed by atoms with E-state index in [-0.39, 0.29) is 29.8 Å². The average Bonchev–Trinajstić information content (AvgIpc) is 3.04. The molecule has 3 aromatic carbocycles. The van der Waals surface area contributed by atoms with Gasteiger partial charge >= 0.3 is 0 Å². The minimum absolute atomic E-state index is 0.121. The van der Waals surface area contributed by atoms with E-state index in [0.717, 1.165) is 25.0 Å². The molecule has 1 saturated heterocycles. The third kappa shape index (κ3) is 7.94. The SMILES string of the molecule is NC1CCN(C(=O)[C@H](NS(=O)(=O)c2ccc(OCC3CCCCC3)cc2)C(F)(F)c2cccc(Oc3ccccc3)c2)CC1. The van der Waals surface area contributed by atoms with Gasteiger partial charge in [-0.3, -0.25) is 4.79 Å². The van der Waals surface area contributed by atoms with Gasteiger partial charge < -0.3 is 20.1 Å². The number of piperidine rings is 1. The Kier molecular flexibility index (Phi) is 10.2. The van der Waals surface area contributed by atoms with Gasteiger partial charge in [0.1, 0.15) is 17.2 Å². The highest BCUT2D eigenvalue weighted by molar-refractivity contribution is 7.89. The zero-order chi connectivity index (χ0) is 31.2. The molecule has 44 heavy (non-hydrogen) atoms. The van der Waals surface area contributed by atoms with Gasteiger partial charge in [0.15, 0.2) is 6.04 Å². The lowest BCUT2D eigenvalue weighted by atomic mass is 9.90. The highest BCUT2D eigenvalue weighted by Crippen LogP contribution is 2.37. The summed E-state index contributed by atoms with van der Waals surface area (Å²) in [6.07, 6.45) is 6.65. The first-order valence-corrected chi connectivity index (χ1v) is 16.6. The quantitative estimate of drug-likeness (QED) is 0.277. The molecule has 2 aliphatic rings. The number of hydrogen-bond acceptors (Lipinski definition) is 6. The fraction of sp³-hybridized carbons (Fsp3) is 0.424. The number of halogens is 2. The molecule has 1 saturated carbocycles. The number of carbonyl (C=O) groups is 1. The van der Waals surface area contributed by atoms with Crippen molar-refractivity contribution in [1.82, 2.24) is 9.62 Å². The first kappa shape index (κ1) is 31.9. The van der Waals surface area contributed by atoms with Gasteiger partial charge in [0.05, 0.1) is 11.5 Å². The Hall–Kier alpha value is -3.54. The van der Waals surface area contributed by atoms with Crippen molar-refractivity contribution in [3.05, 3.63) is 84.4 Å². The molecule has 5 rings (SSSR count). The van der Waals surface area contributed by atoms with Gasteiger partial charge in [0.25, 0.3) is 5.92 Å². The number of likely N-dealkylation sites (tertiary alicyclic amines) is 1. The molecule has 11 heteroatoms. The van der Waals surface area contributed by atoms with Gasteiger partial charge in [-0.1, -0.05) is 49.6 Å². The van der Waals surface area contributed by atoms with E-state index in [1.54, 1.807) is 30.3 Å². The molecule has 0 bridgehead atoms. The van der Waals surface area contributed by atoms with E-state index in [0.29, 0.717) is 36.9 Å². The summed E-state index contributed by atoms with van der Waals surface area (Å²) in [6.45, 7) is 0.844. The number of alkyl halides is 2. The van der Waals surface area contributed by atoms with Crippen LogP contribution in [0.15, 0.2) is 83.8 Å². The first-order chi connectivity index (χ1) is 21.1. The number of ether oxygens (including phenoxy) is 2. The second-order valence-corrected chi connectivity index (χ2v) is 13.3. The van der Waals surface area contributed by atoms with Crippen LogP contribution in [0.4, 0.5) is 8.78 Å². The van der Waals surface area contributed by atoms with E-state index in [1.165, 1.54) is 60.6 Å². The van der Waals surface area contributed by atoms with Crippen molar-refractivity contribution in [3.8, 4) is 17.2 Å². The lowest BCUT2D eigenvalue weighted by Gasteiger charge is -2.35. The molecule has 1 amide bonds. The van der Waals surface area contributed by atoms with Gasteiger partial charge in [0, 0.05) is 24.7 Å². The lowest BCUT2D eigenvalue weighted by Crippen LogP contribution is -2.57. The zero-order valence-electron chi connectivity index (χ0n) is 24.5. The van der Waals surface area contributed by atoms with Crippen molar-refractivity contribution in [2.75, 3.05) is 19.7 Å². The highest BCUT2D eigenvalue weighted by atomic mass is 32.2. The topological polar surface area (TPSA) is 111 Å². The lowest BCUT2D eigenvalue weighted by molar-refractivity contribution is -0.145. The molecular formula is C33H39F2N3O5S. The predicted molar refractivity (Wildman–Crippen MR) is 163 cm³/mol. The second-order valence-electron chi connectivity index (χ2n) is 11.6. The van der Waals surface area contributed by atoms with Crippen molar-refractivity contribution < 1.29 is 31.5 Å². The Morgan fingerprint density at radius 1 is 0.886 bits per heavy atom. The number of sulfonamides is 1. The van der Waals surface area contributed by atoms with Crippen molar-refractivity contribution in [2.24, 2.45) is 11.7 Å². The second kappa shape index (κ2) is 14.0. The largest absolute Gasteiger partial charge is 0.493 e. The van der Waals surface area contributed by atoms with E-state index in [1.807, 2.05) is 4.72 Å². The number of carbonyl (C=O) groups excluding carboxylic acids is 1. The van der Waals surface area contributed by atoms with Crippen molar-refractivity contribution in [2.45, 2.75) is 67.8 Å². The number of nitrogens with one attached hydrogen (secondary N) is 1. The molecule has 0 aromatic heterocycles. The summed E-state index contributed by atoms with van der Waals surface area (Å²) in [7, 11) is -4.54. The molecule has 8 nitrogen and oxygen atoms in total. The van der Waals surface area contributed by atoms with Crippen LogP contribution in [0.5, 0.6) is 17.2 Å². The first-order valence-electron chi connectivity index (χ1n) is 15.1. The minimum Gasteiger partial charge on any atom is -0.493 e. The third-order valence-corrected chi connectivity index (χ3v) is 9.71. The number of nitrogens with two attached hydrogens (primary N) is 1. The van der Waals surface area contributed by atoms with Crippen LogP contribution in [-0.4, -0.2) is 51.0 Å². The summed E-state index contributed by atoms with van der Waals surface area (Å²) in [4.78, 5) is 14.6. The molecule has 1 aliphatic carbocycles. The molecule has 1 heterocycles. The van der Waals surface area contributed by atoms with Crippen LogP contribution in [-0.2, 0) is 20.7 Å². The smallest absolute Gasteiger partial charge is 0.298 e. The molecule has 3 N–H and O–H groups in total. The van der Waals surface area contributed by atoms with Gasteiger partial charge in [-0.25, -0.2) is 8.42 Å².